The highest BCUT2D eigenvalue weighted by Crippen LogP contribution is 2.31. The van der Waals surface area contributed by atoms with E-state index in [1.54, 1.807) is 12.1 Å². The molecule has 7 heteroatoms. The largest absolute Gasteiger partial charge is 0.372 e. The molecule has 1 aromatic rings. The Morgan fingerprint density at radius 2 is 2.00 bits per heavy atom. The maximum atomic E-state index is 11.6. The van der Waals surface area contributed by atoms with Crippen LogP contribution in [0.25, 0.3) is 10.4 Å². The van der Waals surface area contributed by atoms with Crippen molar-refractivity contribution < 1.29 is 8.42 Å². The van der Waals surface area contributed by atoms with E-state index in [0.29, 0.717) is 0 Å². The van der Waals surface area contributed by atoms with Crippen molar-refractivity contribution in [3.63, 3.8) is 0 Å². The van der Waals surface area contributed by atoms with Gasteiger partial charge in [0.2, 0.25) is 0 Å². The lowest BCUT2D eigenvalue weighted by Gasteiger charge is -2.18. The molecule has 1 aromatic carbocycles. The molecule has 0 spiro atoms. The summed E-state index contributed by atoms with van der Waals surface area (Å²) in [5.74, 6) is 0. The van der Waals surface area contributed by atoms with Gasteiger partial charge in [0.25, 0.3) is 0 Å². The third-order valence-corrected chi connectivity index (χ3v) is 4.11. The molecule has 1 aliphatic rings. The molecule has 0 radical (unpaired) electrons. The fourth-order valence-electron chi connectivity index (χ4n) is 2.12. The van der Waals surface area contributed by atoms with E-state index in [1.807, 2.05) is 0 Å². The van der Waals surface area contributed by atoms with Crippen LogP contribution in [0.5, 0.6) is 0 Å². The summed E-state index contributed by atoms with van der Waals surface area (Å²) in [6.07, 6.45) is 3.36. The average Bonchev–Trinajstić information content (AvgIpc) is 2.81. The van der Waals surface area contributed by atoms with Gasteiger partial charge in [-0.15, -0.1) is 0 Å². The number of benzene rings is 1. The minimum atomic E-state index is -3.38. The predicted molar refractivity (Wildman–Crippen MR) is 69.8 cm³/mol. The Labute approximate surface area is 106 Å². The normalized spacial score (nSPS) is 15.5. The van der Waals surface area contributed by atoms with Crippen molar-refractivity contribution in [2.24, 2.45) is 5.11 Å². The fourth-order valence-corrected chi connectivity index (χ4v) is 2.91. The molecule has 18 heavy (non-hydrogen) atoms. The van der Waals surface area contributed by atoms with E-state index in [9.17, 15) is 8.42 Å². The summed E-state index contributed by atoms with van der Waals surface area (Å²) in [6, 6.07) is 4.91. The third kappa shape index (κ3) is 2.57. The number of azide groups is 1. The van der Waals surface area contributed by atoms with Gasteiger partial charge in [0.15, 0.2) is 9.84 Å². The zero-order valence-electron chi connectivity index (χ0n) is 10.1. The lowest BCUT2D eigenvalue weighted by atomic mass is 10.2. The van der Waals surface area contributed by atoms with Gasteiger partial charge in [-0.1, -0.05) is 5.11 Å². The molecule has 0 aromatic heterocycles. The zero-order chi connectivity index (χ0) is 13.2. The summed E-state index contributed by atoms with van der Waals surface area (Å²) < 4.78 is 23.1. The fraction of sp³-hybridized carbons (Fsp3) is 0.455. The summed E-state index contributed by atoms with van der Waals surface area (Å²) in [5, 5.41) is 3.48. The molecule has 1 fully saturated rings. The molecule has 0 atom stereocenters. The van der Waals surface area contributed by atoms with E-state index < -0.39 is 9.84 Å². The first-order valence-electron chi connectivity index (χ1n) is 5.66. The van der Waals surface area contributed by atoms with Gasteiger partial charge >= 0.3 is 0 Å². The van der Waals surface area contributed by atoms with Gasteiger partial charge in [0.05, 0.1) is 10.6 Å². The SMILES string of the molecule is CS(=O)(=O)c1ccc(N2CCCC2)cc1N=[N+]=[N-]. The van der Waals surface area contributed by atoms with Gasteiger partial charge in [-0.3, -0.25) is 0 Å². The van der Waals surface area contributed by atoms with E-state index in [4.69, 9.17) is 5.53 Å². The van der Waals surface area contributed by atoms with Crippen molar-refractivity contribution in [3.8, 4) is 0 Å². The molecular weight excluding hydrogens is 252 g/mol. The van der Waals surface area contributed by atoms with Crippen LogP contribution in [0.4, 0.5) is 11.4 Å². The van der Waals surface area contributed by atoms with Gasteiger partial charge in [0.1, 0.15) is 0 Å². The maximum Gasteiger partial charge on any atom is 0.175 e. The van der Waals surface area contributed by atoms with Crippen LogP contribution in [0.15, 0.2) is 28.2 Å². The first kappa shape index (κ1) is 12.7. The number of anilines is 1. The molecule has 0 N–H and O–H groups in total. The standard InChI is InChI=1S/C11H14N4O2S/c1-18(16,17)11-5-4-9(8-10(11)13-14-12)15-6-2-3-7-15/h4-5,8H,2-3,6-7H2,1H3. The van der Waals surface area contributed by atoms with Crippen molar-refractivity contribution in [1.82, 2.24) is 0 Å². The molecule has 0 bridgehead atoms. The molecule has 1 saturated heterocycles. The Balaban J connectivity index is 2.49. The smallest absolute Gasteiger partial charge is 0.175 e. The van der Waals surface area contributed by atoms with Crippen LogP contribution in [0.3, 0.4) is 0 Å². The minimum Gasteiger partial charge on any atom is -0.372 e. The zero-order valence-corrected chi connectivity index (χ0v) is 10.9. The first-order valence-corrected chi connectivity index (χ1v) is 7.55. The summed E-state index contributed by atoms with van der Waals surface area (Å²) in [5.41, 5.74) is 9.59. The Hall–Kier alpha value is -1.72. The number of rotatable bonds is 3. The topological polar surface area (TPSA) is 86.1 Å². The first-order chi connectivity index (χ1) is 8.52. The van der Waals surface area contributed by atoms with Gasteiger partial charge in [-0.05, 0) is 36.6 Å². The predicted octanol–water partition coefficient (Wildman–Crippen LogP) is 2.63. The average molecular weight is 266 g/mol. The Bertz CT molecular complexity index is 599. The van der Waals surface area contributed by atoms with Crippen molar-refractivity contribution in [3.05, 3.63) is 28.6 Å². The van der Waals surface area contributed by atoms with Gasteiger partial charge in [-0.25, -0.2) is 8.42 Å². The molecule has 0 aliphatic carbocycles. The minimum absolute atomic E-state index is 0.0725. The van der Waals surface area contributed by atoms with Crippen LogP contribution < -0.4 is 4.90 Å². The summed E-state index contributed by atoms with van der Waals surface area (Å²) in [4.78, 5) is 4.92. The lowest BCUT2D eigenvalue weighted by Crippen LogP contribution is -2.17. The van der Waals surface area contributed by atoms with Gasteiger partial charge in [-0.2, -0.15) is 0 Å². The van der Waals surface area contributed by atoms with Gasteiger partial charge in [0, 0.05) is 29.9 Å². The third-order valence-electron chi connectivity index (χ3n) is 2.97. The van der Waals surface area contributed by atoms with Crippen LogP contribution >= 0.6 is 0 Å². The molecule has 96 valence electrons. The second-order valence-corrected chi connectivity index (χ2v) is 6.29. The molecule has 1 aliphatic heterocycles. The highest BCUT2D eigenvalue weighted by atomic mass is 32.2. The number of sulfone groups is 1. The molecule has 0 unspecified atom stereocenters. The summed E-state index contributed by atoms with van der Waals surface area (Å²) >= 11 is 0. The van der Waals surface area contributed by atoms with Crippen LogP contribution in [-0.4, -0.2) is 27.8 Å². The Morgan fingerprint density at radius 1 is 1.33 bits per heavy atom. The van der Waals surface area contributed by atoms with Gasteiger partial charge < -0.3 is 4.90 Å². The summed E-state index contributed by atoms with van der Waals surface area (Å²) in [6.45, 7) is 1.90. The van der Waals surface area contributed by atoms with E-state index in [0.717, 1.165) is 37.9 Å². The van der Waals surface area contributed by atoms with Crippen molar-refractivity contribution in [2.45, 2.75) is 17.7 Å². The molecular formula is C11H14N4O2S. The molecule has 0 amide bonds. The second kappa shape index (κ2) is 4.88. The highest BCUT2D eigenvalue weighted by molar-refractivity contribution is 7.90. The monoisotopic (exact) mass is 266 g/mol. The van der Waals surface area contributed by atoms with Crippen LogP contribution in [0.2, 0.25) is 0 Å². The second-order valence-electron chi connectivity index (χ2n) is 4.31. The van der Waals surface area contributed by atoms with Crippen molar-refractivity contribution >= 4 is 21.2 Å². The molecule has 2 rings (SSSR count). The molecule has 6 nitrogen and oxygen atoms in total. The number of hydrogen-bond acceptors (Lipinski definition) is 4. The van der Waals surface area contributed by atoms with Crippen LogP contribution in [0, 0.1) is 0 Å². The highest BCUT2D eigenvalue weighted by Gasteiger charge is 2.17. The Morgan fingerprint density at radius 3 is 2.56 bits per heavy atom. The number of nitrogens with zero attached hydrogens (tertiary/aromatic N) is 4. The Kier molecular flexibility index (Phi) is 3.45. The summed E-state index contributed by atoms with van der Waals surface area (Å²) in [7, 11) is -3.38. The number of hydrogen-bond donors (Lipinski definition) is 0. The van der Waals surface area contributed by atoms with E-state index in [2.05, 4.69) is 14.9 Å². The molecule has 1 heterocycles. The quantitative estimate of drug-likeness (QED) is 0.478. The lowest BCUT2D eigenvalue weighted by molar-refractivity contribution is 0.602. The van der Waals surface area contributed by atoms with Crippen molar-refractivity contribution in [2.75, 3.05) is 24.2 Å². The van der Waals surface area contributed by atoms with E-state index in [1.165, 1.54) is 6.07 Å². The van der Waals surface area contributed by atoms with Crippen molar-refractivity contribution in [1.29, 1.82) is 0 Å². The van der Waals surface area contributed by atoms with E-state index >= 15 is 0 Å². The molecule has 0 saturated carbocycles. The van der Waals surface area contributed by atoms with E-state index in [-0.39, 0.29) is 10.6 Å². The van der Waals surface area contributed by atoms with Crippen LogP contribution in [-0.2, 0) is 9.84 Å². The maximum absolute atomic E-state index is 11.6. The van der Waals surface area contributed by atoms with Crippen LogP contribution in [0.1, 0.15) is 12.8 Å².